The Hall–Kier alpha value is -1.68. The molecule has 1 aromatic rings. The number of carbonyl (C=O) groups is 2. The highest BCUT2D eigenvalue weighted by Gasteiger charge is 2.43. The normalized spacial score (nSPS) is 24.3. The molecule has 1 amide bonds. The van der Waals surface area contributed by atoms with Crippen LogP contribution in [0.4, 0.5) is 0 Å². The van der Waals surface area contributed by atoms with E-state index in [0.717, 1.165) is 22.3 Å². The summed E-state index contributed by atoms with van der Waals surface area (Å²) in [4.78, 5) is 24.7. The Labute approximate surface area is 138 Å². The maximum atomic E-state index is 12.8. The van der Waals surface area contributed by atoms with Gasteiger partial charge >= 0.3 is 0 Å². The highest BCUT2D eigenvalue weighted by atomic mass is 16.3. The number of aryl methyl sites for hydroxylation is 3. The molecule has 0 spiro atoms. The van der Waals surface area contributed by atoms with E-state index in [1.807, 2.05) is 46.8 Å². The fourth-order valence-corrected chi connectivity index (χ4v) is 3.79. The van der Waals surface area contributed by atoms with E-state index in [4.69, 9.17) is 0 Å². The van der Waals surface area contributed by atoms with E-state index in [1.165, 1.54) is 0 Å². The summed E-state index contributed by atoms with van der Waals surface area (Å²) in [5, 5.41) is 13.3. The third kappa shape index (κ3) is 3.81. The van der Waals surface area contributed by atoms with Gasteiger partial charge in [-0.15, -0.1) is 0 Å². The van der Waals surface area contributed by atoms with Crippen LogP contribution in [-0.4, -0.2) is 28.9 Å². The van der Waals surface area contributed by atoms with Crippen molar-refractivity contribution in [2.75, 3.05) is 0 Å². The van der Waals surface area contributed by atoms with Crippen molar-refractivity contribution in [1.29, 1.82) is 0 Å². The lowest BCUT2D eigenvalue weighted by Crippen LogP contribution is -2.32. The minimum atomic E-state index is -0.709. The van der Waals surface area contributed by atoms with Crippen LogP contribution in [-0.2, 0) is 9.59 Å². The summed E-state index contributed by atoms with van der Waals surface area (Å²) in [6, 6.07) is 4.14. The number of rotatable bonds is 4. The molecule has 126 valence electrons. The van der Waals surface area contributed by atoms with Crippen LogP contribution in [0.2, 0.25) is 0 Å². The molecule has 1 aromatic carbocycles. The van der Waals surface area contributed by atoms with E-state index in [2.05, 4.69) is 5.32 Å². The number of nitrogens with one attached hydrogen (secondary N) is 1. The molecule has 2 rings (SSSR count). The predicted molar refractivity (Wildman–Crippen MR) is 90.4 cm³/mol. The van der Waals surface area contributed by atoms with Gasteiger partial charge in [-0.25, -0.2) is 0 Å². The number of aliphatic hydroxyl groups excluding tert-OH is 1. The third-order valence-electron chi connectivity index (χ3n) is 4.55. The summed E-state index contributed by atoms with van der Waals surface area (Å²) < 4.78 is 0. The zero-order valence-corrected chi connectivity index (χ0v) is 14.6. The molecule has 1 aliphatic carbocycles. The van der Waals surface area contributed by atoms with Gasteiger partial charge in [0, 0.05) is 18.4 Å². The van der Waals surface area contributed by atoms with Gasteiger partial charge < -0.3 is 10.4 Å². The van der Waals surface area contributed by atoms with Crippen molar-refractivity contribution in [3.63, 3.8) is 0 Å². The topological polar surface area (TPSA) is 66.4 Å². The summed E-state index contributed by atoms with van der Waals surface area (Å²) in [5.74, 6) is -1.03. The average molecular weight is 317 g/mol. The van der Waals surface area contributed by atoms with Crippen molar-refractivity contribution >= 4 is 11.7 Å². The largest absolute Gasteiger partial charge is 0.392 e. The summed E-state index contributed by atoms with van der Waals surface area (Å²) in [6.45, 7) is 9.77. The molecule has 4 nitrogen and oxygen atoms in total. The number of aliphatic hydroxyl groups is 1. The SMILES string of the molecule is Cc1cc(C)c(C2C(=O)C(CC(=O)NC(C)C)CC2O)c(C)c1. The van der Waals surface area contributed by atoms with E-state index in [0.29, 0.717) is 6.42 Å². The van der Waals surface area contributed by atoms with Gasteiger partial charge in [0.25, 0.3) is 0 Å². The maximum absolute atomic E-state index is 12.8. The van der Waals surface area contributed by atoms with Crippen LogP contribution in [0.1, 0.15) is 54.9 Å². The second-order valence-electron chi connectivity index (χ2n) is 7.12. The monoisotopic (exact) mass is 317 g/mol. The second-order valence-corrected chi connectivity index (χ2v) is 7.12. The Kier molecular flexibility index (Phi) is 5.25. The number of ketones is 1. The van der Waals surface area contributed by atoms with Crippen LogP contribution in [0.3, 0.4) is 0 Å². The van der Waals surface area contributed by atoms with Gasteiger partial charge in [0.05, 0.1) is 12.0 Å². The number of benzene rings is 1. The summed E-state index contributed by atoms with van der Waals surface area (Å²) in [7, 11) is 0. The Morgan fingerprint density at radius 1 is 1.26 bits per heavy atom. The van der Waals surface area contributed by atoms with Gasteiger partial charge in [0.1, 0.15) is 5.78 Å². The third-order valence-corrected chi connectivity index (χ3v) is 4.55. The molecule has 1 saturated carbocycles. The van der Waals surface area contributed by atoms with Crippen molar-refractivity contribution in [1.82, 2.24) is 5.32 Å². The summed E-state index contributed by atoms with van der Waals surface area (Å²) >= 11 is 0. The van der Waals surface area contributed by atoms with Gasteiger partial charge in [-0.3, -0.25) is 9.59 Å². The van der Waals surface area contributed by atoms with Crippen LogP contribution in [0.15, 0.2) is 12.1 Å². The maximum Gasteiger partial charge on any atom is 0.220 e. The van der Waals surface area contributed by atoms with E-state index in [9.17, 15) is 14.7 Å². The van der Waals surface area contributed by atoms with Crippen molar-refractivity contribution in [2.24, 2.45) is 5.92 Å². The summed E-state index contributed by atoms with van der Waals surface area (Å²) in [5.41, 5.74) is 4.15. The first-order valence-corrected chi connectivity index (χ1v) is 8.29. The van der Waals surface area contributed by atoms with Crippen molar-refractivity contribution < 1.29 is 14.7 Å². The van der Waals surface area contributed by atoms with Crippen LogP contribution in [0.25, 0.3) is 0 Å². The second kappa shape index (κ2) is 6.83. The molecule has 3 unspecified atom stereocenters. The quantitative estimate of drug-likeness (QED) is 0.897. The first kappa shape index (κ1) is 17.7. The molecule has 0 aliphatic heterocycles. The highest BCUT2D eigenvalue weighted by molar-refractivity contribution is 5.94. The van der Waals surface area contributed by atoms with Crippen LogP contribution in [0.5, 0.6) is 0 Å². The molecule has 0 saturated heterocycles. The zero-order chi connectivity index (χ0) is 17.3. The van der Waals surface area contributed by atoms with Gasteiger partial charge in [0.2, 0.25) is 5.91 Å². The Balaban J connectivity index is 2.22. The predicted octanol–water partition coefficient (Wildman–Crippen LogP) is 2.56. The number of Topliss-reactive ketones (excluding diaryl/α,β-unsaturated/α-hetero) is 1. The first-order chi connectivity index (χ1) is 10.7. The highest BCUT2D eigenvalue weighted by Crippen LogP contribution is 2.40. The molecule has 1 aliphatic rings. The number of amides is 1. The van der Waals surface area contributed by atoms with Gasteiger partial charge in [-0.2, -0.15) is 0 Å². The molecule has 0 heterocycles. The fourth-order valence-electron chi connectivity index (χ4n) is 3.79. The minimum absolute atomic E-state index is 0.00791. The Morgan fingerprint density at radius 3 is 2.35 bits per heavy atom. The molecule has 3 atom stereocenters. The molecule has 0 radical (unpaired) electrons. The molecule has 2 N–H and O–H groups in total. The average Bonchev–Trinajstić information content (AvgIpc) is 2.64. The Bertz CT molecular complexity index is 598. The van der Waals surface area contributed by atoms with E-state index in [1.54, 1.807) is 0 Å². The standard InChI is InChI=1S/C19H27NO3/c1-10(2)20-16(22)9-14-8-15(21)18(19(14)23)17-12(4)6-11(3)7-13(17)5/h6-7,10,14-15,18,21H,8-9H2,1-5H3,(H,20,22). The van der Waals surface area contributed by atoms with Crippen molar-refractivity contribution in [3.8, 4) is 0 Å². The number of hydrogen-bond donors (Lipinski definition) is 2. The lowest BCUT2D eigenvalue weighted by Gasteiger charge is -2.19. The van der Waals surface area contributed by atoms with E-state index < -0.39 is 17.9 Å². The smallest absolute Gasteiger partial charge is 0.220 e. The molecule has 0 bridgehead atoms. The fraction of sp³-hybridized carbons (Fsp3) is 0.579. The molecule has 1 fully saturated rings. The molecule has 23 heavy (non-hydrogen) atoms. The first-order valence-electron chi connectivity index (χ1n) is 8.29. The Morgan fingerprint density at radius 2 is 1.83 bits per heavy atom. The van der Waals surface area contributed by atoms with Gasteiger partial charge in [-0.05, 0) is 57.7 Å². The number of hydrogen-bond acceptors (Lipinski definition) is 3. The van der Waals surface area contributed by atoms with Crippen molar-refractivity contribution in [2.45, 2.75) is 65.5 Å². The summed E-state index contributed by atoms with van der Waals surface area (Å²) in [6.07, 6.45) is -0.185. The molecule has 0 aromatic heterocycles. The van der Waals surface area contributed by atoms with E-state index in [-0.39, 0.29) is 24.2 Å². The van der Waals surface area contributed by atoms with E-state index >= 15 is 0 Å². The lowest BCUT2D eigenvalue weighted by atomic mass is 9.86. The van der Waals surface area contributed by atoms with Crippen molar-refractivity contribution in [3.05, 3.63) is 34.4 Å². The molecular formula is C19H27NO3. The van der Waals surface area contributed by atoms with Crippen LogP contribution in [0, 0.1) is 26.7 Å². The van der Waals surface area contributed by atoms with Crippen LogP contribution >= 0.6 is 0 Å². The van der Waals surface area contributed by atoms with Crippen LogP contribution < -0.4 is 5.32 Å². The molecule has 4 heteroatoms. The molecular weight excluding hydrogens is 290 g/mol. The lowest BCUT2D eigenvalue weighted by molar-refractivity contribution is -0.128. The van der Waals surface area contributed by atoms with Gasteiger partial charge in [0.15, 0.2) is 0 Å². The minimum Gasteiger partial charge on any atom is -0.392 e. The number of carbonyl (C=O) groups excluding carboxylic acids is 2. The van der Waals surface area contributed by atoms with Gasteiger partial charge in [-0.1, -0.05) is 17.7 Å². The zero-order valence-electron chi connectivity index (χ0n) is 14.6.